The van der Waals surface area contributed by atoms with Crippen LogP contribution in [0.4, 0.5) is 5.69 Å². The summed E-state index contributed by atoms with van der Waals surface area (Å²) < 4.78 is 0. The molecular weight excluding hydrogens is 172 g/mol. The molecule has 1 heterocycles. The van der Waals surface area contributed by atoms with Gasteiger partial charge in [0.1, 0.15) is 0 Å². The molecule has 0 N–H and O–H groups in total. The molecule has 1 aliphatic rings. The Hall–Kier alpha value is -1.49. The van der Waals surface area contributed by atoms with Crippen LogP contribution in [0.5, 0.6) is 0 Å². The van der Waals surface area contributed by atoms with E-state index in [2.05, 4.69) is 34.0 Å². The summed E-state index contributed by atoms with van der Waals surface area (Å²) in [4.78, 5) is 5.96. The fourth-order valence-electron chi connectivity index (χ4n) is 1.89. The largest absolute Gasteiger partial charge is 0.371 e. The first-order valence-corrected chi connectivity index (χ1v) is 5.07. The first kappa shape index (κ1) is 9.08. The van der Waals surface area contributed by atoms with Crippen molar-refractivity contribution in [3.05, 3.63) is 41.7 Å². The molecule has 0 unspecified atom stereocenters. The number of hydrogen-bond donors (Lipinski definition) is 0. The maximum absolute atomic E-state index is 6.97. The van der Waals surface area contributed by atoms with Gasteiger partial charge < -0.3 is 9.74 Å². The molecule has 2 heteroatoms. The second-order valence-electron chi connectivity index (χ2n) is 3.68. The summed E-state index contributed by atoms with van der Waals surface area (Å²) in [7, 11) is 0. The normalized spacial score (nSPS) is 17.8. The number of benzene rings is 1. The van der Waals surface area contributed by atoms with Crippen LogP contribution in [0.1, 0.15) is 12.8 Å². The van der Waals surface area contributed by atoms with Crippen molar-refractivity contribution in [2.24, 2.45) is 0 Å². The van der Waals surface area contributed by atoms with Crippen molar-refractivity contribution in [3.8, 4) is 0 Å². The fourth-order valence-corrected chi connectivity index (χ4v) is 1.89. The van der Waals surface area contributed by atoms with E-state index in [-0.39, 0.29) is 6.04 Å². The van der Waals surface area contributed by atoms with E-state index in [1.807, 2.05) is 6.07 Å². The third kappa shape index (κ3) is 1.88. The van der Waals surface area contributed by atoms with E-state index in [1.54, 1.807) is 0 Å². The topological polar surface area (TPSA) is 7.60 Å². The van der Waals surface area contributed by atoms with Gasteiger partial charge in [-0.2, -0.15) is 0 Å². The van der Waals surface area contributed by atoms with Gasteiger partial charge in [0.25, 0.3) is 0 Å². The van der Waals surface area contributed by atoms with Gasteiger partial charge in [0.15, 0.2) is 0 Å². The summed E-state index contributed by atoms with van der Waals surface area (Å²) in [6.45, 7) is 9.02. The SMILES string of the molecule is [C-]#[N+]C1CCN(c2ccccc2)CC1. The van der Waals surface area contributed by atoms with Gasteiger partial charge in [-0.1, -0.05) is 18.2 Å². The number of hydrogen-bond acceptors (Lipinski definition) is 1. The second kappa shape index (κ2) is 4.15. The quantitative estimate of drug-likeness (QED) is 0.612. The minimum absolute atomic E-state index is 0.259. The van der Waals surface area contributed by atoms with E-state index in [9.17, 15) is 0 Å². The van der Waals surface area contributed by atoms with Gasteiger partial charge in [-0.25, -0.2) is 6.57 Å². The molecule has 14 heavy (non-hydrogen) atoms. The van der Waals surface area contributed by atoms with Crippen LogP contribution in [0.2, 0.25) is 0 Å². The zero-order valence-electron chi connectivity index (χ0n) is 8.19. The Morgan fingerprint density at radius 1 is 1.14 bits per heavy atom. The van der Waals surface area contributed by atoms with Crippen LogP contribution in [0.15, 0.2) is 30.3 Å². The molecule has 2 rings (SSSR count). The van der Waals surface area contributed by atoms with Crippen LogP contribution >= 0.6 is 0 Å². The van der Waals surface area contributed by atoms with Crippen LogP contribution in [0.3, 0.4) is 0 Å². The summed E-state index contributed by atoms with van der Waals surface area (Å²) in [6, 6.07) is 10.7. The highest BCUT2D eigenvalue weighted by Gasteiger charge is 2.22. The highest BCUT2D eigenvalue weighted by molar-refractivity contribution is 5.46. The van der Waals surface area contributed by atoms with Crippen LogP contribution in [-0.2, 0) is 0 Å². The number of para-hydroxylation sites is 1. The molecule has 1 fully saturated rings. The maximum atomic E-state index is 6.97. The molecule has 1 saturated heterocycles. The molecule has 0 radical (unpaired) electrons. The van der Waals surface area contributed by atoms with Gasteiger partial charge in [0.2, 0.25) is 6.04 Å². The van der Waals surface area contributed by atoms with Crippen LogP contribution in [0, 0.1) is 6.57 Å². The predicted octanol–water partition coefficient (Wildman–Crippen LogP) is 2.57. The van der Waals surface area contributed by atoms with E-state index >= 15 is 0 Å². The zero-order chi connectivity index (χ0) is 9.80. The highest BCUT2D eigenvalue weighted by atomic mass is 15.1. The van der Waals surface area contributed by atoms with Crippen molar-refractivity contribution < 1.29 is 0 Å². The van der Waals surface area contributed by atoms with E-state index < -0.39 is 0 Å². The van der Waals surface area contributed by atoms with E-state index in [4.69, 9.17) is 6.57 Å². The Labute approximate surface area is 85.0 Å². The van der Waals surface area contributed by atoms with Crippen molar-refractivity contribution in [2.75, 3.05) is 18.0 Å². The Morgan fingerprint density at radius 3 is 2.36 bits per heavy atom. The van der Waals surface area contributed by atoms with Gasteiger partial charge >= 0.3 is 0 Å². The van der Waals surface area contributed by atoms with Gasteiger partial charge in [0, 0.05) is 31.6 Å². The molecule has 0 atom stereocenters. The molecule has 1 aliphatic heterocycles. The lowest BCUT2D eigenvalue weighted by molar-refractivity contribution is 0.548. The highest BCUT2D eigenvalue weighted by Crippen LogP contribution is 2.20. The fraction of sp³-hybridized carbons (Fsp3) is 0.417. The average molecular weight is 186 g/mol. The van der Waals surface area contributed by atoms with Crippen molar-refractivity contribution in [1.29, 1.82) is 0 Å². The number of anilines is 1. The Kier molecular flexibility index (Phi) is 2.69. The molecule has 0 bridgehead atoms. The van der Waals surface area contributed by atoms with E-state index in [0.29, 0.717) is 0 Å². The third-order valence-corrected chi connectivity index (χ3v) is 2.77. The summed E-state index contributed by atoms with van der Waals surface area (Å²) >= 11 is 0. The lowest BCUT2D eigenvalue weighted by Crippen LogP contribution is -2.34. The average Bonchev–Trinajstić information content (AvgIpc) is 2.30. The van der Waals surface area contributed by atoms with Crippen molar-refractivity contribution in [3.63, 3.8) is 0 Å². The van der Waals surface area contributed by atoms with Crippen molar-refractivity contribution in [2.45, 2.75) is 18.9 Å². The lowest BCUT2D eigenvalue weighted by atomic mass is 10.1. The molecule has 1 aromatic rings. The van der Waals surface area contributed by atoms with Crippen LogP contribution in [0.25, 0.3) is 4.85 Å². The third-order valence-electron chi connectivity index (χ3n) is 2.77. The number of piperidine rings is 1. The monoisotopic (exact) mass is 186 g/mol. The van der Waals surface area contributed by atoms with Crippen LogP contribution < -0.4 is 4.90 Å². The van der Waals surface area contributed by atoms with Gasteiger partial charge in [0.05, 0.1) is 0 Å². The molecule has 72 valence electrons. The summed E-state index contributed by atoms with van der Waals surface area (Å²) in [5.74, 6) is 0. The maximum Gasteiger partial charge on any atom is 0.227 e. The van der Waals surface area contributed by atoms with Gasteiger partial charge in [-0.3, -0.25) is 0 Å². The van der Waals surface area contributed by atoms with Crippen LogP contribution in [-0.4, -0.2) is 19.1 Å². The smallest absolute Gasteiger partial charge is 0.227 e. The first-order valence-electron chi connectivity index (χ1n) is 5.07. The van der Waals surface area contributed by atoms with Gasteiger partial charge in [-0.15, -0.1) is 0 Å². The Balaban J connectivity index is 2.00. The molecule has 0 spiro atoms. The number of nitrogens with zero attached hydrogens (tertiary/aromatic N) is 2. The molecule has 0 saturated carbocycles. The number of rotatable bonds is 1. The standard InChI is InChI=1S/C12H14N2/c1-13-11-7-9-14(10-8-11)12-5-3-2-4-6-12/h2-6,11H,7-10H2. The van der Waals surface area contributed by atoms with E-state index in [0.717, 1.165) is 25.9 Å². The molecule has 0 aromatic heterocycles. The van der Waals surface area contributed by atoms with Crippen molar-refractivity contribution >= 4 is 5.69 Å². The minimum Gasteiger partial charge on any atom is -0.371 e. The minimum atomic E-state index is 0.259. The molecular formula is C12H14N2. The Bertz CT molecular complexity index is 318. The molecule has 0 aliphatic carbocycles. The lowest BCUT2D eigenvalue weighted by Gasteiger charge is -2.29. The first-order chi connectivity index (χ1) is 6.90. The molecule has 1 aromatic carbocycles. The molecule has 2 nitrogen and oxygen atoms in total. The predicted molar refractivity (Wildman–Crippen MR) is 58.3 cm³/mol. The zero-order valence-corrected chi connectivity index (χ0v) is 8.19. The van der Waals surface area contributed by atoms with Gasteiger partial charge in [-0.05, 0) is 12.1 Å². The van der Waals surface area contributed by atoms with Crippen molar-refractivity contribution in [1.82, 2.24) is 0 Å². The Morgan fingerprint density at radius 2 is 1.79 bits per heavy atom. The summed E-state index contributed by atoms with van der Waals surface area (Å²) in [6.07, 6.45) is 2.02. The second-order valence-corrected chi connectivity index (χ2v) is 3.68. The molecule has 0 amide bonds. The van der Waals surface area contributed by atoms with E-state index in [1.165, 1.54) is 5.69 Å². The summed E-state index contributed by atoms with van der Waals surface area (Å²) in [5.41, 5.74) is 1.29. The summed E-state index contributed by atoms with van der Waals surface area (Å²) in [5, 5.41) is 0.